The molecule has 7 heteroatoms. The summed E-state index contributed by atoms with van der Waals surface area (Å²) in [6.45, 7) is 1.00. The summed E-state index contributed by atoms with van der Waals surface area (Å²) in [7, 11) is 0. The maximum atomic E-state index is 12.9. The molecule has 1 aromatic heterocycles. The number of fused-ring (bicyclic) bond motifs is 1. The first-order valence-electron chi connectivity index (χ1n) is 9.17. The average Bonchev–Trinajstić information content (AvgIpc) is 3.34. The van der Waals surface area contributed by atoms with Gasteiger partial charge in [-0.3, -0.25) is 9.59 Å². The van der Waals surface area contributed by atoms with Gasteiger partial charge in [0.1, 0.15) is 5.37 Å². The highest BCUT2D eigenvalue weighted by atomic mass is 35.5. The van der Waals surface area contributed by atoms with Gasteiger partial charge in [-0.25, -0.2) is 0 Å². The van der Waals surface area contributed by atoms with Crippen LogP contribution in [0.3, 0.4) is 0 Å². The number of hydrogen-bond acceptors (Lipinski definition) is 4. The first-order chi connectivity index (χ1) is 14.1. The van der Waals surface area contributed by atoms with Gasteiger partial charge in [0.05, 0.1) is 12.3 Å². The molecule has 0 spiro atoms. The van der Waals surface area contributed by atoms with Crippen LogP contribution in [0.1, 0.15) is 31.7 Å². The van der Waals surface area contributed by atoms with Gasteiger partial charge >= 0.3 is 0 Å². The lowest BCUT2D eigenvalue weighted by Gasteiger charge is -2.24. The van der Waals surface area contributed by atoms with Crippen molar-refractivity contribution in [1.29, 1.82) is 0 Å². The third kappa shape index (κ3) is 4.66. The summed E-state index contributed by atoms with van der Waals surface area (Å²) in [6.07, 6.45) is 0. The zero-order valence-corrected chi connectivity index (χ0v) is 17.9. The maximum Gasteiger partial charge on any atom is 0.255 e. The number of carbonyl (C=O) groups excluding carboxylic acids is 2. The molecule has 0 radical (unpaired) electrons. The number of thioether (sulfide) groups is 1. The average molecular weight is 443 g/mol. The van der Waals surface area contributed by atoms with E-state index in [9.17, 15) is 9.59 Å². The van der Waals surface area contributed by atoms with Gasteiger partial charge in [-0.05, 0) is 40.8 Å². The molecular weight excluding hydrogens is 424 g/mol. The van der Waals surface area contributed by atoms with E-state index in [2.05, 4.69) is 5.32 Å². The lowest BCUT2D eigenvalue weighted by molar-refractivity contribution is -0.118. The van der Waals surface area contributed by atoms with Crippen molar-refractivity contribution in [3.63, 3.8) is 0 Å². The van der Waals surface area contributed by atoms with E-state index >= 15 is 0 Å². The molecule has 1 aliphatic rings. The molecular formula is C22H19ClN2O2S2. The summed E-state index contributed by atoms with van der Waals surface area (Å²) in [5.74, 6) is 0.242. The van der Waals surface area contributed by atoms with Gasteiger partial charge in [-0.1, -0.05) is 48.0 Å². The smallest absolute Gasteiger partial charge is 0.255 e. The normalized spacial score (nSPS) is 15.4. The summed E-state index contributed by atoms with van der Waals surface area (Å²) in [6, 6.07) is 19.1. The van der Waals surface area contributed by atoms with Gasteiger partial charge in [0.25, 0.3) is 5.91 Å². The second-order valence-electron chi connectivity index (χ2n) is 6.67. The Hall–Kier alpha value is -2.28. The van der Waals surface area contributed by atoms with Crippen molar-refractivity contribution in [3.05, 3.63) is 92.6 Å². The Morgan fingerprint density at radius 3 is 2.66 bits per heavy atom. The fourth-order valence-corrected chi connectivity index (χ4v) is 5.22. The number of halogens is 1. The van der Waals surface area contributed by atoms with Crippen molar-refractivity contribution >= 4 is 46.5 Å². The van der Waals surface area contributed by atoms with E-state index < -0.39 is 0 Å². The van der Waals surface area contributed by atoms with Crippen molar-refractivity contribution in [2.75, 3.05) is 5.75 Å². The zero-order chi connectivity index (χ0) is 20.2. The number of carbonyl (C=O) groups is 2. The van der Waals surface area contributed by atoms with Crippen molar-refractivity contribution in [1.82, 2.24) is 10.2 Å². The fraction of sp³-hybridized carbons (Fsp3) is 0.182. The number of hydrogen-bond donors (Lipinski definition) is 1. The molecule has 0 saturated carbocycles. The molecule has 1 N–H and O–H groups in total. The van der Waals surface area contributed by atoms with Gasteiger partial charge in [-0.15, -0.1) is 23.1 Å². The summed E-state index contributed by atoms with van der Waals surface area (Å²) in [4.78, 5) is 28.3. The van der Waals surface area contributed by atoms with Crippen molar-refractivity contribution in [2.24, 2.45) is 0 Å². The Kier molecular flexibility index (Phi) is 6.23. The Labute approximate surface area is 182 Å². The van der Waals surface area contributed by atoms with Crippen LogP contribution in [0.4, 0.5) is 0 Å². The van der Waals surface area contributed by atoms with E-state index in [0.717, 1.165) is 21.6 Å². The monoisotopic (exact) mass is 442 g/mol. The van der Waals surface area contributed by atoms with Crippen LogP contribution in [0.15, 0.2) is 66.0 Å². The Bertz CT molecular complexity index is 1010. The number of nitrogens with zero attached hydrogens (tertiary/aromatic N) is 1. The predicted octanol–water partition coefficient (Wildman–Crippen LogP) is 5.11. The molecule has 2 aromatic carbocycles. The molecule has 4 rings (SSSR count). The van der Waals surface area contributed by atoms with Crippen LogP contribution in [0.2, 0.25) is 5.02 Å². The topological polar surface area (TPSA) is 49.4 Å². The first kappa shape index (κ1) is 20.0. The largest absolute Gasteiger partial charge is 0.351 e. The van der Waals surface area contributed by atoms with E-state index in [1.54, 1.807) is 23.5 Å². The molecule has 3 aromatic rings. The summed E-state index contributed by atoms with van der Waals surface area (Å²) < 4.78 is 0. The van der Waals surface area contributed by atoms with E-state index in [-0.39, 0.29) is 22.9 Å². The Morgan fingerprint density at radius 1 is 1.10 bits per heavy atom. The Morgan fingerprint density at radius 2 is 1.90 bits per heavy atom. The third-order valence-electron chi connectivity index (χ3n) is 4.68. The highest BCUT2D eigenvalue weighted by Gasteiger charge is 2.37. The lowest BCUT2D eigenvalue weighted by atomic mass is 10.1. The van der Waals surface area contributed by atoms with Crippen molar-refractivity contribution in [2.45, 2.75) is 18.5 Å². The van der Waals surface area contributed by atoms with Gasteiger partial charge in [0, 0.05) is 22.0 Å². The molecule has 1 aliphatic heterocycles. The van der Waals surface area contributed by atoms with Gasteiger partial charge < -0.3 is 10.2 Å². The standard InChI is InChI=1S/C22H19ClN2O2S2/c23-16-9-7-15(8-10-16)12-24-20(26)14-29-22-19-6-2-1-5-18(19)21(27)25(22)13-17-4-3-11-28-17/h1-11,22H,12-14H2,(H,24,26)/t22-/m1/s1. The van der Waals surface area contributed by atoms with E-state index in [4.69, 9.17) is 11.6 Å². The number of thiophene rings is 1. The highest BCUT2D eigenvalue weighted by molar-refractivity contribution is 8.00. The predicted molar refractivity (Wildman–Crippen MR) is 119 cm³/mol. The van der Waals surface area contributed by atoms with Crippen LogP contribution in [0.25, 0.3) is 0 Å². The molecule has 2 heterocycles. The minimum atomic E-state index is -0.165. The summed E-state index contributed by atoms with van der Waals surface area (Å²) >= 11 is 9.01. The minimum absolute atomic E-state index is 0.0214. The third-order valence-corrected chi connectivity index (χ3v) is 7.05. The van der Waals surface area contributed by atoms with Crippen molar-refractivity contribution in [3.8, 4) is 0 Å². The van der Waals surface area contributed by atoms with Gasteiger partial charge in [0.2, 0.25) is 5.91 Å². The van der Waals surface area contributed by atoms with Crippen LogP contribution in [0.5, 0.6) is 0 Å². The Balaban J connectivity index is 1.41. The summed E-state index contributed by atoms with van der Waals surface area (Å²) in [5, 5.41) is 5.45. The molecule has 0 saturated heterocycles. The van der Waals surface area contributed by atoms with Crippen LogP contribution in [-0.4, -0.2) is 22.5 Å². The molecule has 0 aliphatic carbocycles. The molecule has 148 valence electrons. The summed E-state index contributed by atoms with van der Waals surface area (Å²) in [5.41, 5.74) is 2.70. The molecule has 0 unspecified atom stereocenters. The van der Waals surface area contributed by atoms with E-state index in [1.807, 2.05) is 58.8 Å². The number of benzene rings is 2. The van der Waals surface area contributed by atoms with Crippen molar-refractivity contribution < 1.29 is 9.59 Å². The quantitative estimate of drug-likeness (QED) is 0.553. The molecule has 29 heavy (non-hydrogen) atoms. The second kappa shape index (κ2) is 9.03. The SMILES string of the molecule is O=C(CS[C@@H]1c2ccccc2C(=O)N1Cc1cccs1)NCc1ccc(Cl)cc1. The van der Waals surface area contributed by atoms with E-state index in [0.29, 0.717) is 18.1 Å². The number of amides is 2. The zero-order valence-electron chi connectivity index (χ0n) is 15.5. The first-order valence-corrected chi connectivity index (χ1v) is 11.5. The number of nitrogens with one attached hydrogen (secondary N) is 1. The highest BCUT2D eigenvalue weighted by Crippen LogP contribution is 2.42. The molecule has 0 fully saturated rings. The molecule has 1 atom stereocenters. The van der Waals surface area contributed by atoms with Crippen LogP contribution in [-0.2, 0) is 17.9 Å². The molecule has 4 nitrogen and oxygen atoms in total. The fourth-order valence-electron chi connectivity index (χ4n) is 3.25. The van der Waals surface area contributed by atoms with Gasteiger partial charge in [0.15, 0.2) is 0 Å². The number of rotatable bonds is 7. The van der Waals surface area contributed by atoms with E-state index in [1.165, 1.54) is 11.8 Å². The van der Waals surface area contributed by atoms with Crippen LogP contribution < -0.4 is 5.32 Å². The lowest BCUT2D eigenvalue weighted by Crippen LogP contribution is -2.28. The maximum absolute atomic E-state index is 12.9. The van der Waals surface area contributed by atoms with Crippen LogP contribution in [0, 0.1) is 0 Å². The van der Waals surface area contributed by atoms with Gasteiger partial charge in [-0.2, -0.15) is 0 Å². The minimum Gasteiger partial charge on any atom is -0.351 e. The van der Waals surface area contributed by atoms with Crippen LogP contribution >= 0.6 is 34.7 Å². The molecule has 2 amide bonds. The second-order valence-corrected chi connectivity index (χ2v) is 9.20. The molecule has 0 bridgehead atoms.